The van der Waals surface area contributed by atoms with E-state index >= 15 is 0 Å². The quantitative estimate of drug-likeness (QED) is 0.800. The van der Waals surface area contributed by atoms with Gasteiger partial charge in [0.1, 0.15) is 5.82 Å². The lowest BCUT2D eigenvalue weighted by atomic mass is 9.64. The number of hydrogen-bond acceptors (Lipinski definition) is 2. The van der Waals surface area contributed by atoms with Crippen LogP contribution in [0.3, 0.4) is 0 Å². The summed E-state index contributed by atoms with van der Waals surface area (Å²) in [6, 6.07) is 6.37. The van der Waals surface area contributed by atoms with Crippen LogP contribution in [0.4, 0.5) is 4.39 Å². The number of ether oxygens (including phenoxy) is 1. The van der Waals surface area contributed by atoms with Crippen molar-refractivity contribution in [2.75, 3.05) is 13.2 Å². The fraction of sp³-hybridized carbons (Fsp3) is 0.650. The van der Waals surface area contributed by atoms with Crippen LogP contribution in [0.5, 0.6) is 0 Å². The number of benzene rings is 1. The van der Waals surface area contributed by atoms with Crippen molar-refractivity contribution in [2.45, 2.75) is 63.4 Å². The molecule has 0 bridgehead atoms. The topological polar surface area (TPSA) is 38.3 Å². The van der Waals surface area contributed by atoms with Gasteiger partial charge in [-0.25, -0.2) is 4.39 Å². The number of amides is 1. The van der Waals surface area contributed by atoms with Crippen LogP contribution in [0.1, 0.15) is 57.4 Å². The van der Waals surface area contributed by atoms with Crippen LogP contribution in [0.15, 0.2) is 24.3 Å². The molecule has 1 aromatic carbocycles. The highest BCUT2D eigenvalue weighted by molar-refractivity contribution is 5.89. The first-order valence-electron chi connectivity index (χ1n) is 9.28. The molecule has 1 amide bonds. The highest BCUT2D eigenvalue weighted by Gasteiger charge is 2.45. The Kier molecular flexibility index (Phi) is 5.54. The summed E-state index contributed by atoms with van der Waals surface area (Å²) in [4.78, 5) is 12.7. The third kappa shape index (κ3) is 3.64. The Balaban J connectivity index is 1.49. The van der Waals surface area contributed by atoms with E-state index < -0.39 is 5.41 Å². The molecule has 24 heavy (non-hydrogen) atoms. The number of rotatable bonds is 6. The Bertz CT molecular complexity index is 553. The minimum atomic E-state index is -0.466. The average molecular weight is 333 g/mol. The van der Waals surface area contributed by atoms with Crippen LogP contribution < -0.4 is 5.32 Å². The smallest absolute Gasteiger partial charge is 0.230 e. The summed E-state index contributed by atoms with van der Waals surface area (Å²) < 4.78 is 19.1. The molecule has 3 rings (SSSR count). The SMILES string of the molecule is C[C@H]1CCCC[C@@H]1OCCNC(=O)C1(c2ccc(F)cc2)CCC1. The van der Waals surface area contributed by atoms with Gasteiger partial charge >= 0.3 is 0 Å². The zero-order valence-electron chi connectivity index (χ0n) is 14.5. The van der Waals surface area contributed by atoms with Gasteiger partial charge in [0, 0.05) is 6.54 Å². The fourth-order valence-corrected chi connectivity index (χ4v) is 4.02. The van der Waals surface area contributed by atoms with Gasteiger partial charge in [-0.15, -0.1) is 0 Å². The van der Waals surface area contributed by atoms with Gasteiger partial charge in [0.25, 0.3) is 0 Å². The molecule has 0 unspecified atom stereocenters. The second-order valence-corrected chi connectivity index (χ2v) is 7.37. The summed E-state index contributed by atoms with van der Waals surface area (Å²) >= 11 is 0. The lowest BCUT2D eigenvalue weighted by Gasteiger charge is -2.40. The molecule has 4 heteroatoms. The van der Waals surface area contributed by atoms with Crippen LogP contribution in [0, 0.1) is 11.7 Å². The summed E-state index contributed by atoms with van der Waals surface area (Å²) in [6.45, 7) is 3.37. The lowest BCUT2D eigenvalue weighted by molar-refractivity contribution is -0.130. The normalized spacial score (nSPS) is 25.8. The molecular formula is C20H28FNO2. The first-order valence-corrected chi connectivity index (χ1v) is 9.28. The summed E-state index contributed by atoms with van der Waals surface area (Å²) in [5.41, 5.74) is 0.459. The predicted octanol–water partition coefficient (Wildman–Crippen LogP) is 3.96. The minimum Gasteiger partial charge on any atom is -0.376 e. The molecule has 2 saturated carbocycles. The lowest BCUT2D eigenvalue weighted by Crippen LogP contribution is -2.50. The Hall–Kier alpha value is -1.42. The average Bonchev–Trinajstić information content (AvgIpc) is 2.54. The summed E-state index contributed by atoms with van der Waals surface area (Å²) in [7, 11) is 0. The van der Waals surface area contributed by atoms with Gasteiger partial charge in [-0.2, -0.15) is 0 Å². The molecule has 0 heterocycles. The molecule has 2 aliphatic rings. The Morgan fingerprint density at radius 2 is 1.92 bits per heavy atom. The third-order valence-electron chi connectivity index (χ3n) is 5.79. The van der Waals surface area contributed by atoms with E-state index in [1.807, 2.05) is 0 Å². The molecule has 1 aromatic rings. The largest absolute Gasteiger partial charge is 0.376 e. The zero-order valence-corrected chi connectivity index (χ0v) is 14.5. The second-order valence-electron chi connectivity index (χ2n) is 7.37. The van der Waals surface area contributed by atoms with Gasteiger partial charge in [-0.3, -0.25) is 4.79 Å². The third-order valence-corrected chi connectivity index (χ3v) is 5.79. The van der Waals surface area contributed by atoms with Crippen molar-refractivity contribution in [1.82, 2.24) is 5.32 Å². The molecule has 132 valence electrons. The van der Waals surface area contributed by atoms with Gasteiger partial charge in [0.15, 0.2) is 0 Å². The molecule has 2 fully saturated rings. The van der Waals surface area contributed by atoms with E-state index in [1.165, 1.54) is 31.4 Å². The predicted molar refractivity (Wildman–Crippen MR) is 92.3 cm³/mol. The summed E-state index contributed by atoms with van der Waals surface area (Å²) in [5, 5.41) is 3.04. The van der Waals surface area contributed by atoms with E-state index in [1.54, 1.807) is 12.1 Å². The van der Waals surface area contributed by atoms with Crippen LogP contribution in [-0.4, -0.2) is 25.2 Å². The van der Waals surface area contributed by atoms with E-state index in [4.69, 9.17) is 4.74 Å². The molecule has 2 atom stereocenters. The molecule has 1 N–H and O–H groups in total. The van der Waals surface area contributed by atoms with E-state index in [0.717, 1.165) is 31.2 Å². The molecular weight excluding hydrogens is 305 g/mol. The van der Waals surface area contributed by atoms with E-state index in [0.29, 0.717) is 25.2 Å². The maximum atomic E-state index is 13.1. The number of hydrogen-bond donors (Lipinski definition) is 1. The zero-order chi connectivity index (χ0) is 17.0. The van der Waals surface area contributed by atoms with Crippen LogP contribution in [-0.2, 0) is 14.9 Å². The first kappa shape index (κ1) is 17.4. The monoisotopic (exact) mass is 333 g/mol. The van der Waals surface area contributed by atoms with Crippen molar-refractivity contribution in [1.29, 1.82) is 0 Å². The van der Waals surface area contributed by atoms with Crippen LogP contribution >= 0.6 is 0 Å². The van der Waals surface area contributed by atoms with Crippen molar-refractivity contribution >= 4 is 5.91 Å². The van der Waals surface area contributed by atoms with Crippen molar-refractivity contribution in [2.24, 2.45) is 5.92 Å². The van der Waals surface area contributed by atoms with E-state index in [-0.39, 0.29) is 11.7 Å². The first-order chi connectivity index (χ1) is 11.6. The van der Waals surface area contributed by atoms with Gasteiger partial charge < -0.3 is 10.1 Å². The summed E-state index contributed by atoms with van der Waals surface area (Å²) in [5.74, 6) is 0.413. The van der Waals surface area contributed by atoms with Crippen LogP contribution in [0.2, 0.25) is 0 Å². The molecule has 3 nitrogen and oxygen atoms in total. The Morgan fingerprint density at radius 1 is 1.21 bits per heavy atom. The summed E-state index contributed by atoms with van der Waals surface area (Å²) in [6.07, 6.45) is 7.98. The maximum absolute atomic E-state index is 13.1. The van der Waals surface area contributed by atoms with Crippen molar-refractivity contribution in [3.05, 3.63) is 35.6 Å². The van der Waals surface area contributed by atoms with Crippen molar-refractivity contribution < 1.29 is 13.9 Å². The second kappa shape index (κ2) is 7.64. The molecule has 0 aromatic heterocycles. The molecule has 2 aliphatic carbocycles. The van der Waals surface area contributed by atoms with Crippen molar-refractivity contribution in [3.8, 4) is 0 Å². The van der Waals surface area contributed by atoms with Crippen molar-refractivity contribution in [3.63, 3.8) is 0 Å². The van der Waals surface area contributed by atoms with Gasteiger partial charge in [0.05, 0.1) is 18.1 Å². The molecule has 0 radical (unpaired) electrons. The number of halogens is 1. The highest BCUT2D eigenvalue weighted by atomic mass is 19.1. The van der Waals surface area contributed by atoms with Gasteiger partial charge in [0.2, 0.25) is 5.91 Å². The number of carbonyl (C=O) groups excluding carboxylic acids is 1. The Morgan fingerprint density at radius 3 is 2.54 bits per heavy atom. The Labute approximate surface area is 144 Å². The van der Waals surface area contributed by atoms with E-state index in [2.05, 4.69) is 12.2 Å². The van der Waals surface area contributed by atoms with Crippen LogP contribution in [0.25, 0.3) is 0 Å². The fourth-order valence-electron chi connectivity index (χ4n) is 4.02. The standard InChI is InChI=1S/C20H28FNO2/c1-15-5-2-3-6-18(15)24-14-13-22-19(23)20(11-4-12-20)16-7-9-17(21)10-8-16/h7-10,15,18H,2-6,11-14H2,1H3,(H,22,23)/t15-,18-/m0/s1. The molecule has 0 saturated heterocycles. The molecule has 0 spiro atoms. The van der Waals surface area contributed by atoms with Gasteiger partial charge in [-0.05, 0) is 49.3 Å². The van der Waals surface area contributed by atoms with E-state index in [9.17, 15) is 9.18 Å². The maximum Gasteiger partial charge on any atom is 0.230 e. The highest BCUT2D eigenvalue weighted by Crippen LogP contribution is 2.43. The number of carbonyl (C=O) groups is 1. The van der Waals surface area contributed by atoms with Gasteiger partial charge in [-0.1, -0.05) is 38.3 Å². The number of nitrogens with one attached hydrogen (secondary N) is 1. The minimum absolute atomic E-state index is 0.0562. The molecule has 0 aliphatic heterocycles.